The first-order chi connectivity index (χ1) is 15.4. The molecule has 0 saturated carbocycles. The van der Waals surface area contributed by atoms with Crippen LogP contribution in [0.15, 0.2) is 35.3 Å². The summed E-state index contributed by atoms with van der Waals surface area (Å²) in [6.45, 7) is 8.56. The second-order valence-corrected chi connectivity index (χ2v) is 8.85. The molecule has 0 aliphatic carbocycles. The van der Waals surface area contributed by atoms with E-state index < -0.39 is 0 Å². The summed E-state index contributed by atoms with van der Waals surface area (Å²) in [5.74, 6) is 4.15. The van der Waals surface area contributed by atoms with Gasteiger partial charge in [0, 0.05) is 44.4 Å². The monoisotopic (exact) mass is 434 g/mol. The number of aliphatic imine (C=N–C) groups is 1. The van der Waals surface area contributed by atoms with E-state index in [0.29, 0.717) is 12.5 Å². The quantitative estimate of drug-likeness (QED) is 0.458. The second-order valence-electron chi connectivity index (χ2n) is 8.85. The maximum absolute atomic E-state index is 4.92. The maximum Gasteiger partial charge on any atom is 0.191 e. The molecule has 8 heteroatoms. The molecule has 0 amide bonds. The molecule has 1 aliphatic heterocycles. The number of aromatic nitrogens is 4. The number of hydrogen-bond acceptors (Lipinski definition) is 5. The number of hydrogen-bond donors (Lipinski definition) is 2. The predicted octanol–water partition coefficient (Wildman–Crippen LogP) is 3.09. The van der Waals surface area contributed by atoms with Crippen LogP contribution in [-0.2, 0) is 19.5 Å². The Morgan fingerprint density at radius 2 is 2.06 bits per heavy atom. The van der Waals surface area contributed by atoms with Crippen LogP contribution in [0, 0.1) is 0 Å². The van der Waals surface area contributed by atoms with Gasteiger partial charge in [-0.05, 0) is 31.0 Å². The summed E-state index contributed by atoms with van der Waals surface area (Å²) in [7, 11) is 4.03. The molecule has 2 N–H and O–H groups in total. The highest BCUT2D eigenvalue weighted by molar-refractivity contribution is 5.85. The molecule has 3 heterocycles. The third kappa shape index (κ3) is 4.84. The van der Waals surface area contributed by atoms with Crippen molar-refractivity contribution in [2.75, 3.05) is 25.5 Å². The Balaban J connectivity index is 1.53. The third-order valence-corrected chi connectivity index (χ3v) is 5.73. The van der Waals surface area contributed by atoms with Gasteiger partial charge in [-0.25, -0.2) is 19.6 Å². The first-order valence-corrected chi connectivity index (χ1v) is 11.5. The Morgan fingerprint density at radius 3 is 2.81 bits per heavy atom. The van der Waals surface area contributed by atoms with Gasteiger partial charge in [-0.2, -0.15) is 5.10 Å². The normalized spacial score (nSPS) is 16.3. The molecule has 1 atom stereocenters. The highest BCUT2D eigenvalue weighted by Gasteiger charge is 2.23. The molecule has 0 bridgehead atoms. The van der Waals surface area contributed by atoms with E-state index in [2.05, 4.69) is 60.4 Å². The average Bonchev–Trinajstić information content (AvgIpc) is 3.21. The Morgan fingerprint density at radius 1 is 1.25 bits per heavy atom. The summed E-state index contributed by atoms with van der Waals surface area (Å²) in [6, 6.07) is 10.7. The highest BCUT2D eigenvalue weighted by atomic mass is 15.4. The number of para-hydroxylation sites is 1. The lowest BCUT2D eigenvalue weighted by molar-refractivity contribution is 0.391. The number of anilines is 1. The van der Waals surface area contributed by atoms with E-state index in [0.717, 1.165) is 60.3 Å². The van der Waals surface area contributed by atoms with Crippen molar-refractivity contribution in [3.8, 4) is 0 Å². The molecule has 0 saturated heterocycles. The summed E-state index contributed by atoms with van der Waals surface area (Å²) in [5.41, 5.74) is 2.16. The fourth-order valence-corrected chi connectivity index (χ4v) is 3.96. The Labute approximate surface area is 190 Å². The van der Waals surface area contributed by atoms with Crippen molar-refractivity contribution in [1.29, 1.82) is 0 Å². The lowest BCUT2D eigenvalue weighted by Gasteiger charge is -2.25. The van der Waals surface area contributed by atoms with E-state index in [1.165, 1.54) is 5.56 Å². The number of fused-ring (bicyclic) bond motifs is 2. The first kappa shape index (κ1) is 22.0. The molecule has 4 rings (SSSR count). The smallest absolute Gasteiger partial charge is 0.191 e. The number of pyridine rings is 1. The van der Waals surface area contributed by atoms with Gasteiger partial charge in [0.1, 0.15) is 11.6 Å². The van der Waals surface area contributed by atoms with Crippen molar-refractivity contribution in [3.05, 3.63) is 47.5 Å². The van der Waals surface area contributed by atoms with Crippen LogP contribution in [0.2, 0.25) is 0 Å². The van der Waals surface area contributed by atoms with Crippen molar-refractivity contribution in [3.63, 3.8) is 0 Å². The number of aryl methyl sites for hydroxylation is 1. The van der Waals surface area contributed by atoms with Gasteiger partial charge in [-0.3, -0.25) is 0 Å². The van der Waals surface area contributed by atoms with E-state index in [9.17, 15) is 0 Å². The fraction of sp³-hybridized carbons (Fsp3) is 0.500. The van der Waals surface area contributed by atoms with Crippen LogP contribution < -0.4 is 15.5 Å². The summed E-state index contributed by atoms with van der Waals surface area (Å²) < 4.78 is 2.06. The zero-order chi connectivity index (χ0) is 22.7. The SMILES string of the molecule is CCNC(=NCc1cc(N(C)C)nc2ccccc12)NC1CCc2nc(C(C)C)nn2C1. The Kier molecular flexibility index (Phi) is 6.58. The van der Waals surface area contributed by atoms with E-state index in [4.69, 9.17) is 20.1 Å². The van der Waals surface area contributed by atoms with Gasteiger partial charge < -0.3 is 15.5 Å². The number of nitrogens with zero attached hydrogens (tertiary/aromatic N) is 6. The molecule has 0 fully saturated rings. The van der Waals surface area contributed by atoms with Crippen molar-refractivity contribution < 1.29 is 0 Å². The summed E-state index contributed by atoms with van der Waals surface area (Å²) in [5, 5.41) is 12.9. The molecule has 0 spiro atoms. The minimum atomic E-state index is 0.272. The summed E-state index contributed by atoms with van der Waals surface area (Å²) in [4.78, 5) is 16.4. The van der Waals surface area contributed by atoms with Crippen molar-refractivity contribution in [1.82, 2.24) is 30.4 Å². The third-order valence-electron chi connectivity index (χ3n) is 5.73. The van der Waals surface area contributed by atoms with Crippen LogP contribution in [0.1, 0.15) is 50.3 Å². The molecule has 0 radical (unpaired) electrons. The maximum atomic E-state index is 4.92. The molecule has 1 aromatic carbocycles. The van der Waals surface area contributed by atoms with Gasteiger partial charge in [-0.1, -0.05) is 32.0 Å². The van der Waals surface area contributed by atoms with Gasteiger partial charge in [0.25, 0.3) is 0 Å². The minimum Gasteiger partial charge on any atom is -0.363 e. The van der Waals surface area contributed by atoms with Crippen LogP contribution in [0.4, 0.5) is 5.82 Å². The first-order valence-electron chi connectivity index (χ1n) is 11.5. The molecule has 8 nitrogen and oxygen atoms in total. The molecule has 1 unspecified atom stereocenters. The average molecular weight is 435 g/mol. The van der Waals surface area contributed by atoms with Crippen molar-refractivity contribution >= 4 is 22.7 Å². The number of guanidine groups is 1. The molecule has 32 heavy (non-hydrogen) atoms. The van der Waals surface area contributed by atoms with Crippen molar-refractivity contribution in [2.24, 2.45) is 4.99 Å². The number of benzene rings is 1. The van der Waals surface area contributed by atoms with E-state index >= 15 is 0 Å². The van der Waals surface area contributed by atoms with Gasteiger partial charge in [0.2, 0.25) is 0 Å². The van der Waals surface area contributed by atoms with Gasteiger partial charge in [0.15, 0.2) is 11.8 Å². The lowest BCUT2D eigenvalue weighted by Crippen LogP contribution is -2.47. The summed E-state index contributed by atoms with van der Waals surface area (Å²) in [6.07, 6.45) is 1.95. The highest BCUT2D eigenvalue weighted by Crippen LogP contribution is 2.23. The van der Waals surface area contributed by atoms with Gasteiger partial charge >= 0.3 is 0 Å². The number of nitrogens with one attached hydrogen (secondary N) is 2. The van der Waals surface area contributed by atoms with Crippen LogP contribution in [0.5, 0.6) is 0 Å². The molecule has 3 aromatic rings. The van der Waals surface area contributed by atoms with E-state index in [1.54, 1.807) is 0 Å². The van der Waals surface area contributed by atoms with Gasteiger partial charge in [0.05, 0.1) is 18.6 Å². The van der Waals surface area contributed by atoms with Crippen LogP contribution in [0.25, 0.3) is 10.9 Å². The molecule has 1 aliphatic rings. The minimum absolute atomic E-state index is 0.272. The molecular weight excluding hydrogens is 400 g/mol. The van der Waals surface area contributed by atoms with E-state index in [1.807, 2.05) is 25.1 Å². The lowest BCUT2D eigenvalue weighted by atomic mass is 10.1. The number of rotatable bonds is 6. The van der Waals surface area contributed by atoms with Crippen LogP contribution in [-0.4, -0.2) is 52.4 Å². The molecule has 2 aromatic heterocycles. The van der Waals surface area contributed by atoms with Gasteiger partial charge in [-0.15, -0.1) is 0 Å². The Bertz CT molecular complexity index is 1100. The van der Waals surface area contributed by atoms with Crippen molar-refractivity contribution in [2.45, 2.75) is 58.7 Å². The zero-order valence-corrected chi connectivity index (χ0v) is 19.8. The second kappa shape index (κ2) is 9.54. The topological polar surface area (TPSA) is 83.3 Å². The summed E-state index contributed by atoms with van der Waals surface area (Å²) >= 11 is 0. The standard InChI is InChI=1S/C24H34N8/c1-6-25-24(27-18-11-12-21-29-23(16(2)3)30-32(21)15-18)26-14-17-13-22(31(4)5)28-20-10-8-7-9-19(17)20/h7-10,13,16,18H,6,11-12,14-15H2,1-5H3,(H2,25,26,27). The fourth-order valence-electron chi connectivity index (χ4n) is 3.96. The zero-order valence-electron chi connectivity index (χ0n) is 19.8. The van der Waals surface area contributed by atoms with Crippen LogP contribution in [0.3, 0.4) is 0 Å². The molecular formula is C24H34N8. The van der Waals surface area contributed by atoms with E-state index in [-0.39, 0.29) is 6.04 Å². The molecule has 170 valence electrons. The Hall–Kier alpha value is -3.16. The largest absolute Gasteiger partial charge is 0.363 e. The predicted molar refractivity (Wildman–Crippen MR) is 130 cm³/mol. The van der Waals surface area contributed by atoms with Crippen LogP contribution >= 0.6 is 0 Å².